The minimum atomic E-state index is -4.04. The van der Waals surface area contributed by atoms with E-state index >= 15 is 0 Å². The molecule has 0 aromatic heterocycles. The van der Waals surface area contributed by atoms with Gasteiger partial charge < -0.3 is 10.8 Å². The lowest BCUT2D eigenvalue weighted by Crippen LogP contribution is -2.44. The number of nitrogens with two attached hydrogens (primary N) is 1. The number of nitrogen functional groups attached to an aromatic ring is 1. The second-order valence-corrected chi connectivity index (χ2v) is 7.49. The second kappa shape index (κ2) is 5.90. The van der Waals surface area contributed by atoms with Crippen LogP contribution in [0.15, 0.2) is 17.0 Å². The first kappa shape index (κ1) is 16.2. The van der Waals surface area contributed by atoms with E-state index in [9.17, 15) is 17.9 Å². The van der Waals surface area contributed by atoms with Crippen LogP contribution >= 0.6 is 0 Å². The van der Waals surface area contributed by atoms with Crippen molar-refractivity contribution in [3.05, 3.63) is 23.5 Å². The Morgan fingerprint density at radius 1 is 1.33 bits per heavy atom. The minimum Gasteiger partial charge on any atom is -0.399 e. The van der Waals surface area contributed by atoms with Crippen molar-refractivity contribution in [2.75, 3.05) is 12.3 Å². The molecule has 2 rings (SSSR count). The van der Waals surface area contributed by atoms with Gasteiger partial charge in [-0.15, -0.1) is 0 Å². The molecule has 118 valence electrons. The average Bonchev–Trinajstić information content (AvgIpc) is 2.42. The minimum absolute atomic E-state index is 0.109. The van der Waals surface area contributed by atoms with E-state index in [0.29, 0.717) is 12.8 Å². The van der Waals surface area contributed by atoms with Crippen LogP contribution in [-0.2, 0) is 10.0 Å². The molecule has 0 unspecified atom stereocenters. The summed E-state index contributed by atoms with van der Waals surface area (Å²) >= 11 is 0. The van der Waals surface area contributed by atoms with Gasteiger partial charge in [-0.3, -0.25) is 0 Å². The normalized spacial score (nSPS) is 18.6. The number of anilines is 1. The van der Waals surface area contributed by atoms with Crippen LogP contribution < -0.4 is 10.5 Å². The van der Waals surface area contributed by atoms with Crippen molar-refractivity contribution in [1.82, 2.24) is 4.72 Å². The fraction of sp³-hybridized carbons (Fsp3) is 0.571. The van der Waals surface area contributed by atoms with Crippen molar-refractivity contribution in [1.29, 1.82) is 0 Å². The summed E-state index contributed by atoms with van der Waals surface area (Å²) in [5, 5.41) is 10.3. The third-order valence-corrected chi connectivity index (χ3v) is 5.31. The van der Waals surface area contributed by atoms with Crippen molar-refractivity contribution in [2.24, 2.45) is 0 Å². The molecular formula is C14H21FN2O3S. The van der Waals surface area contributed by atoms with Gasteiger partial charge in [-0.1, -0.05) is 19.3 Å². The zero-order valence-corrected chi connectivity index (χ0v) is 12.8. The summed E-state index contributed by atoms with van der Waals surface area (Å²) in [6.45, 7) is 1.35. The molecule has 0 bridgehead atoms. The van der Waals surface area contributed by atoms with Crippen molar-refractivity contribution in [3.8, 4) is 0 Å². The number of benzene rings is 1. The Morgan fingerprint density at radius 3 is 2.57 bits per heavy atom. The van der Waals surface area contributed by atoms with Crippen molar-refractivity contribution < 1.29 is 17.9 Å². The number of nitrogens with one attached hydrogen (secondary N) is 1. The van der Waals surface area contributed by atoms with E-state index < -0.39 is 26.3 Å². The SMILES string of the molecule is Cc1cc(N)cc(S(=O)(=O)NCC2(O)CCCCC2)c1F. The summed E-state index contributed by atoms with van der Waals surface area (Å²) < 4.78 is 40.8. The van der Waals surface area contributed by atoms with E-state index in [2.05, 4.69) is 4.72 Å². The highest BCUT2D eigenvalue weighted by Gasteiger charge is 2.31. The van der Waals surface area contributed by atoms with Crippen LogP contribution in [0.1, 0.15) is 37.7 Å². The van der Waals surface area contributed by atoms with Gasteiger partial charge in [0.1, 0.15) is 10.7 Å². The zero-order valence-electron chi connectivity index (χ0n) is 12.0. The van der Waals surface area contributed by atoms with E-state index in [1.54, 1.807) is 0 Å². The molecule has 5 nitrogen and oxygen atoms in total. The summed E-state index contributed by atoms with van der Waals surface area (Å²) in [6, 6.07) is 2.47. The molecule has 1 aliphatic carbocycles. The van der Waals surface area contributed by atoms with E-state index in [0.717, 1.165) is 25.3 Å². The first-order valence-corrected chi connectivity index (χ1v) is 8.49. The van der Waals surface area contributed by atoms with Gasteiger partial charge in [-0.25, -0.2) is 17.5 Å². The zero-order chi connectivity index (χ0) is 15.7. The van der Waals surface area contributed by atoms with Gasteiger partial charge in [0.05, 0.1) is 5.60 Å². The highest BCUT2D eigenvalue weighted by molar-refractivity contribution is 7.89. The van der Waals surface area contributed by atoms with Gasteiger partial charge in [0.2, 0.25) is 10.0 Å². The number of aliphatic hydroxyl groups is 1. The van der Waals surface area contributed by atoms with Crippen molar-refractivity contribution in [3.63, 3.8) is 0 Å². The fourth-order valence-electron chi connectivity index (χ4n) is 2.65. The van der Waals surface area contributed by atoms with Crippen LogP contribution in [0.2, 0.25) is 0 Å². The van der Waals surface area contributed by atoms with Gasteiger partial charge in [0.25, 0.3) is 0 Å². The summed E-state index contributed by atoms with van der Waals surface area (Å²) in [5.74, 6) is -0.813. The lowest BCUT2D eigenvalue weighted by atomic mass is 9.85. The van der Waals surface area contributed by atoms with E-state index in [1.807, 2.05) is 0 Å². The van der Waals surface area contributed by atoms with Crippen molar-refractivity contribution >= 4 is 15.7 Å². The Bertz CT molecular complexity index is 625. The van der Waals surface area contributed by atoms with Crippen LogP contribution in [0.3, 0.4) is 0 Å². The van der Waals surface area contributed by atoms with Crippen LogP contribution in [0.25, 0.3) is 0 Å². The highest BCUT2D eigenvalue weighted by atomic mass is 32.2. The van der Waals surface area contributed by atoms with Crippen LogP contribution in [0.4, 0.5) is 10.1 Å². The van der Waals surface area contributed by atoms with Gasteiger partial charge in [-0.05, 0) is 37.5 Å². The second-order valence-electron chi connectivity index (χ2n) is 5.76. The standard InChI is InChI=1S/C14H21FN2O3S/c1-10-7-11(16)8-12(13(10)15)21(19,20)17-9-14(18)5-3-2-4-6-14/h7-8,17-18H,2-6,9,16H2,1H3. The molecule has 0 atom stereocenters. The molecule has 21 heavy (non-hydrogen) atoms. The number of sulfonamides is 1. The molecule has 1 aliphatic rings. The molecule has 0 saturated heterocycles. The van der Waals surface area contributed by atoms with Gasteiger partial charge in [0.15, 0.2) is 0 Å². The van der Waals surface area contributed by atoms with Gasteiger partial charge >= 0.3 is 0 Å². The predicted octanol–water partition coefficient (Wildman–Crippen LogP) is 1.69. The molecular weight excluding hydrogens is 295 g/mol. The van der Waals surface area contributed by atoms with E-state index in [1.165, 1.54) is 13.0 Å². The van der Waals surface area contributed by atoms with E-state index in [-0.39, 0.29) is 17.8 Å². The van der Waals surface area contributed by atoms with Crippen LogP contribution in [-0.4, -0.2) is 25.7 Å². The molecule has 1 saturated carbocycles. The summed E-state index contributed by atoms with van der Waals surface area (Å²) in [6.07, 6.45) is 3.87. The molecule has 4 N–H and O–H groups in total. The Hall–Kier alpha value is -1.18. The quantitative estimate of drug-likeness (QED) is 0.737. The number of hydrogen-bond acceptors (Lipinski definition) is 4. The Balaban J connectivity index is 2.19. The van der Waals surface area contributed by atoms with Crippen LogP contribution in [0.5, 0.6) is 0 Å². The fourth-order valence-corrected chi connectivity index (χ4v) is 3.96. The molecule has 0 radical (unpaired) electrons. The topological polar surface area (TPSA) is 92.4 Å². The smallest absolute Gasteiger partial charge is 0.243 e. The number of hydrogen-bond donors (Lipinski definition) is 3. The van der Waals surface area contributed by atoms with Crippen molar-refractivity contribution in [2.45, 2.75) is 49.5 Å². The highest BCUT2D eigenvalue weighted by Crippen LogP contribution is 2.28. The average molecular weight is 316 g/mol. The predicted molar refractivity (Wildman–Crippen MR) is 78.8 cm³/mol. The molecule has 1 fully saturated rings. The maximum absolute atomic E-state index is 14.0. The molecule has 1 aromatic carbocycles. The first-order valence-electron chi connectivity index (χ1n) is 7.01. The summed E-state index contributed by atoms with van der Waals surface area (Å²) in [4.78, 5) is -0.473. The molecule has 1 aromatic rings. The first-order chi connectivity index (χ1) is 9.73. The maximum atomic E-state index is 14.0. The monoisotopic (exact) mass is 316 g/mol. The third kappa shape index (κ3) is 3.72. The van der Waals surface area contributed by atoms with Gasteiger partial charge in [0, 0.05) is 12.2 Å². The lowest BCUT2D eigenvalue weighted by Gasteiger charge is -2.32. The molecule has 0 spiro atoms. The molecule has 0 aliphatic heterocycles. The summed E-state index contributed by atoms with van der Waals surface area (Å²) in [7, 11) is -4.04. The number of halogens is 1. The largest absolute Gasteiger partial charge is 0.399 e. The number of rotatable bonds is 4. The molecule has 7 heteroatoms. The number of aryl methyl sites for hydroxylation is 1. The maximum Gasteiger partial charge on any atom is 0.243 e. The Labute approximate surface area is 124 Å². The molecule has 0 amide bonds. The van der Waals surface area contributed by atoms with Gasteiger partial charge in [-0.2, -0.15) is 0 Å². The summed E-state index contributed by atoms with van der Waals surface area (Å²) in [5.41, 5.74) is 4.90. The van der Waals surface area contributed by atoms with Crippen LogP contribution in [0, 0.1) is 12.7 Å². The Morgan fingerprint density at radius 2 is 1.95 bits per heavy atom. The lowest BCUT2D eigenvalue weighted by molar-refractivity contribution is 0.00944. The Kier molecular flexibility index (Phi) is 4.55. The van der Waals surface area contributed by atoms with E-state index in [4.69, 9.17) is 5.73 Å². The molecule has 0 heterocycles. The third-order valence-electron chi connectivity index (χ3n) is 3.91.